The van der Waals surface area contributed by atoms with E-state index in [9.17, 15) is 14.4 Å². The summed E-state index contributed by atoms with van der Waals surface area (Å²) in [5, 5.41) is 0. The van der Waals surface area contributed by atoms with Crippen LogP contribution in [0.5, 0.6) is 0 Å². The molecule has 51 heavy (non-hydrogen) atoms. The van der Waals surface area contributed by atoms with Crippen LogP contribution in [0.25, 0.3) is 0 Å². The SMILES string of the molecule is CCC(C)CCCCCCCCCCCCC(=O)OC[C@@H](COC(=O)CCCCCCCCCC(C)C)OC(=O)CCCCCCCCC(C)C. The third kappa shape index (κ3) is 38.0. The number of carbonyl (C=O) groups excluding carboxylic acids is 3. The van der Waals surface area contributed by atoms with Crippen molar-refractivity contribution in [2.24, 2.45) is 17.8 Å². The van der Waals surface area contributed by atoms with Crippen molar-refractivity contribution in [1.82, 2.24) is 0 Å². The number of carbonyl (C=O) groups is 3. The van der Waals surface area contributed by atoms with Crippen molar-refractivity contribution >= 4 is 17.9 Å². The molecular formula is C45H86O6. The zero-order valence-electron chi connectivity index (χ0n) is 34.9. The van der Waals surface area contributed by atoms with Gasteiger partial charge in [-0.2, -0.15) is 0 Å². The van der Waals surface area contributed by atoms with E-state index in [1.165, 1.54) is 116 Å². The molecule has 1 unspecified atom stereocenters. The lowest BCUT2D eigenvalue weighted by Crippen LogP contribution is -2.30. The van der Waals surface area contributed by atoms with E-state index in [4.69, 9.17) is 14.2 Å². The summed E-state index contributed by atoms with van der Waals surface area (Å²) in [6.07, 6.45) is 32.5. The second-order valence-corrected chi connectivity index (χ2v) is 16.5. The molecule has 0 heterocycles. The number of esters is 3. The smallest absolute Gasteiger partial charge is 0.306 e. The number of hydrogen-bond donors (Lipinski definition) is 0. The molecule has 0 fully saturated rings. The van der Waals surface area contributed by atoms with Crippen LogP contribution in [0.2, 0.25) is 0 Å². The third-order valence-corrected chi connectivity index (χ3v) is 10.3. The molecular weight excluding hydrogens is 636 g/mol. The van der Waals surface area contributed by atoms with Crippen LogP contribution in [0.3, 0.4) is 0 Å². The van der Waals surface area contributed by atoms with Gasteiger partial charge >= 0.3 is 17.9 Å². The highest BCUT2D eigenvalue weighted by Gasteiger charge is 2.19. The maximum absolute atomic E-state index is 12.6. The molecule has 0 saturated heterocycles. The highest BCUT2D eigenvalue weighted by molar-refractivity contribution is 5.71. The fourth-order valence-corrected chi connectivity index (χ4v) is 6.49. The predicted octanol–water partition coefficient (Wildman–Crippen LogP) is 13.7. The van der Waals surface area contributed by atoms with Gasteiger partial charge in [-0.3, -0.25) is 14.4 Å². The van der Waals surface area contributed by atoms with E-state index < -0.39 is 6.10 Å². The van der Waals surface area contributed by atoms with Gasteiger partial charge in [-0.15, -0.1) is 0 Å². The lowest BCUT2D eigenvalue weighted by Gasteiger charge is -2.18. The van der Waals surface area contributed by atoms with Crippen LogP contribution in [0.15, 0.2) is 0 Å². The Balaban J connectivity index is 4.32. The minimum absolute atomic E-state index is 0.0676. The Hall–Kier alpha value is -1.59. The third-order valence-electron chi connectivity index (χ3n) is 10.3. The number of ether oxygens (including phenoxy) is 3. The second kappa shape index (κ2) is 36.8. The minimum Gasteiger partial charge on any atom is -0.462 e. The summed E-state index contributed by atoms with van der Waals surface area (Å²) < 4.78 is 16.7. The van der Waals surface area contributed by atoms with E-state index in [1.54, 1.807) is 0 Å². The summed E-state index contributed by atoms with van der Waals surface area (Å²) in [5.41, 5.74) is 0. The van der Waals surface area contributed by atoms with Crippen molar-refractivity contribution < 1.29 is 28.6 Å². The van der Waals surface area contributed by atoms with E-state index in [0.717, 1.165) is 75.5 Å². The standard InChI is InChI=1S/C45H86O6/c1-7-41(6)33-27-21-14-10-8-9-11-15-22-28-34-43(46)49-37-42(51-45(48)36-30-24-18-17-20-26-32-40(4)5)38-50-44(47)35-29-23-16-12-13-19-25-31-39(2)3/h39-42H,7-38H2,1-6H3/t41?,42-/m0/s1. The highest BCUT2D eigenvalue weighted by Crippen LogP contribution is 2.17. The van der Waals surface area contributed by atoms with Crippen LogP contribution < -0.4 is 0 Å². The molecule has 6 heteroatoms. The van der Waals surface area contributed by atoms with Gasteiger partial charge in [-0.25, -0.2) is 0 Å². The molecule has 0 bridgehead atoms. The molecule has 0 aliphatic heterocycles. The lowest BCUT2D eigenvalue weighted by molar-refractivity contribution is -0.167. The Kier molecular flexibility index (Phi) is 35.6. The summed E-state index contributed by atoms with van der Waals surface area (Å²) in [6, 6.07) is 0. The Labute approximate surface area is 317 Å². The number of rotatable bonds is 38. The maximum atomic E-state index is 12.6. The molecule has 2 atom stereocenters. The van der Waals surface area contributed by atoms with Gasteiger partial charge in [0.25, 0.3) is 0 Å². The van der Waals surface area contributed by atoms with Crippen LogP contribution in [0, 0.1) is 17.8 Å². The summed E-state index contributed by atoms with van der Waals surface area (Å²) in [4.78, 5) is 37.6. The molecule has 0 rings (SSSR count). The van der Waals surface area contributed by atoms with Gasteiger partial charge < -0.3 is 14.2 Å². The molecule has 0 aromatic rings. The van der Waals surface area contributed by atoms with Crippen molar-refractivity contribution in [3.63, 3.8) is 0 Å². The first-order valence-electron chi connectivity index (χ1n) is 22.1. The van der Waals surface area contributed by atoms with Crippen LogP contribution in [-0.4, -0.2) is 37.2 Å². The quantitative estimate of drug-likeness (QED) is 0.0359. The molecule has 302 valence electrons. The van der Waals surface area contributed by atoms with Gasteiger partial charge in [-0.05, 0) is 37.0 Å². The van der Waals surface area contributed by atoms with Crippen molar-refractivity contribution in [2.45, 2.75) is 240 Å². The summed E-state index contributed by atoms with van der Waals surface area (Å²) in [6.45, 7) is 13.6. The average molecular weight is 723 g/mol. The summed E-state index contributed by atoms with van der Waals surface area (Å²) in [7, 11) is 0. The molecule has 6 nitrogen and oxygen atoms in total. The minimum atomic E-state index is -0.762. The number of hydrogen-bond acceptors (Lipinski definition) is 6. The van der Waals surface area contributed by atoms with E-state index in [1.807, 2.05) is 0 Å². The van der Waals surface area contributed by atoms with E-state index in [0.29, 0.717) is 19.3 Å². The maximum Gasteiger partial charge on any atom is 0.306 e. The summed E-state index contributed by atoms with van der Waals surface area (Å²) >= 11 is 0. The molecule has 0 aromatic heterocycles. The largest absolute Gasteiger partial charge is 0.462 e. The topological polar surface area (TPSA) is 78.9 Å². The zero-order chi connectivity index (χ0) is 37.8. The Morgan fingerprint density at radius 2 is 0.686 bits per heavy atom. The lowest BCUT2D eigenvalue weighted by atomic mass is 9.99. The molecule has 0 spiro atoms. The van der Waals surface area contributed by atoms with Crippen LogP contribution in [-0.2, 0) is 28.6 Å². The van der Waals surface area contributed by atoms with Gasteiger partial charge in [-0.1, -0.05) is 196 Å². The van der Waals surface area contributed by atoms with E-state index in [-0.39, 0.29) is 31.1 Å². The second-order valence-electron chi connectivity index (χ2n) is 16.5. The van der Waals surface area contributed by atoms with Crippen LogP contribution >= 0.6 is 0 Å². The first-order valence-corrected chi connectivity index (χ1v) is 22.1. The van der Waals surface area contributed by atoms with E-state index in [2.05, 4.69) is 41.5 Å². The van der Waals surface area contributed by atoms with Crippen molar-refractivity contribution in [3.8, 4) is 0 Å². The monoisotopic (exact) mass is 723 g/mol. The van der Waals surface area contributed by atoms with E-state index >= 15 is 0 Å². The fourth-order valence-electron chi connectivity index (χ4n) is 6.49. The first-order chi connectivity index (χ1) is 24.6. The molecule has 0 amide bonds. The van der Waals surface area contributed by atoms with Gasteiger partial charge in [0, 0.05) is 19.3 Å². The average Bonchev–Trinajstić information content (AvgIpc) is 3.09. The predicted molar refractivity (Wildman–Crippen MR) is 215 cm³/mol. The normalized spacial score (nSPS) is 12.7. The van der Waals surface area contributed by atoms with Gasteiger partial charge in [0.05, 0.1) is 0 Å². The molecule has 0 radical (unpaired) electrons. The van der Waals surface area contributed by atoms with Crippen molar-refractivity contribution in [1.29, 1.82) is 0 Å². The highest BCUT2D eigenvalue weighted by atomic mass is 16.6. The van der Waals surface area contributed by atoms with Crippen molar-refractivity contribution in [2.75, 3.05) is 13.2 Å². The van der Waals surface area contributed by atoms with Gasteiger partial charge in [0.1, 0.15) is 13.2 Å². The van der Waals surface area contributed by atoms with Gasteiger partial charge in [0.15, 0.2) is 6.10 Å². The molecule has 0 saturated carbocycles. The van der Waals surface area contributed by atoms with Gasteiger partial charge in [0.2, 0.25) is 0 Å². The number of unbranched alkanes of at least 4 members (excludes halogenated alkanes) is 20. The Bertz CT molecular complexity index is 794. The molecule has 0 N–H and O–H groups in total. The fraction of sp³-hybridized carbons (Fsp3) is 0.933. The zero-order valence-corrected chi connectivity index (χ0v) is 34.9. The summed E-state index contributed by atoms with van der Waals surface area (Å²) in [5.74, 6) is 1.54. The molecule has 0 aliphatic carbocycles. The first kappa shape index (κ1) is 49.4. The van der Waals surface area contributed by atoms with Crippen molar-refractivity contribution in [3.05, 3.63) is 0 Å². The van der Waals surface area contributed by atoms with Crippen LogP contribution in [0.4, 0.5) is 0 Å². The van der Waals surface area contributed by atoms with Crippen LogP contribution in [0.1, 0.15) is 234 Å². The Morgan fingerprint density at radius 3 is 1.02 bits per heavy atom. The Morgan fingerprint density at radius 1 is 0.392 bits per heavy atom. The molecule has 0 aliphatic rings. The molecule has 0 aromatic carbocycles.